The van der Waals surface area contributed by atoms with E-state index in [0.717, 1.165) is 31.4 Å². The Balaban J connectivity index is 1.86. The number of halogens is 3. The summed E-state index contributed by atoms with van der Waals surface area (Å²) < 4.78 is 41.2. The second-order valence-corrected chi connectivity index (χ2v) is 7.49. The van der Waals surface area contributed by atoms with E-state index in [1.807, 2.05) is 6.92 Å². The van der Waals surface area contributed by atoms with Gasteiger partial charge in [-0.1, -0.05) is 13.3 Å². The topological polar surface area (TPSA) is 79.5 Å². The molecule has 1 fully saturated rings. The highest BCUT2D eigenvalue weighted by atomic mass is 19.4. The SMILES string of the molecule is CCCC(=O)Nc1nccc(-c2nn3ccc(C(F)(F)F)cc3c2C2CCC2)c1O. The maximum Gasteiger partial charge on any atom is 0.416 e. The summed E-state index contributed by atoms with van der Waals surface area (Å²) in [7, 11) is 0. The fourth-order valence-corrected chi connectivity index (χ4v) is 3.70. The standard InChI is InChI=1S/C21H21F3N4O2/c1-2-4-16(29)26-20-19(30)14(7-9-25-20)18-17(12-5-3-6-12)15-11-13(21(22,23)24)8-10-28(15)27-18/h7-12,30H,2-6H2,1H3,(H,25,26,29). The lowest BCUT2D eigenvalue weighted by Gasteiger charge is -2.26. The zero-order valence-corrected chi connectivity index (χ0v) is 16.3. The first-order chi connectivity index (χ1) is 14.3. The third-order valence-corrected chi connectivity index (χ3v) is 5.43. The number of nitrogens with one attached hydrogen (secondary N) is 1. The van der Waals surface area contributed by atoms with E-state index in [1.165, 1.54) is 16.9 Å². The molecular formula is C21H21F3N4O2. The van der Waals surface area contributed by atoms with Crippen LogP contribution in [0.3, 0.4) is 0 Å². The molecule has 0 saturated heterocycles. The number of hydrogen-bond donors (Lipinski definition) is 2. The number of pyridine rings is 2. The zero-order chi connectivity index (χ0) is 21.5. The van der Waals surface area contributed by atoms with Crippen LogP contribution < -0.4 is 5.32 Å². The van der Waals surface area contributed by atoms with E-state index in [0.29, 0.717) is 28.8 Å². The number of anilines is 1. The highest BCUT2D eigenvalue weighted by Crippen LogP contribution is 2.46. The Kier molecular flexibility index (Phi) is 5.13. The van der Waals surface area contributed by atoms with Gasteiger partial charge >= 0.3 is 6.18 Å². The minimum atomic E-state index is -4.46. The van der Waals surface area contributed by atoms with Gasteiger partial charge < -0.3 is 10.4 Å². The second kappa shape index (κ2) is 7.62. The Morgan fingerprint density at radius 2 is 2.10 bits per heavy atom. The highest BCUT2D eigenvalue weighted by Gasteiger charge is 2.33. The summed E-state index contributed by atoms with van der Waals surface area (Å²) in [5.74, 6) is -0.450. The Morgan fingerprint density at radius 3 is 2.73 bits per heavy atom. The van der Waals surface area contributed by atoms with Crippen molar-refractivity contribution in [3.05, 3.63) is 41.7 Å². The second-order valence-electron chi connectivity index (χ2n) is 7.49. The molecule has 30 heavy (non-hydrogen) atoms. The fraction of sp³-hybridized carbons (Fsp3) is 0.381. The average molecular weight is 418 g/mol. The third-order valence-electron chi connectivity index (χ3n) is 5.43. The van der Waals surface area contributed by atoms with Crippen molar-refractivity contribution in [2.75, 3.05) is 5.32 Å². The van der Waals surface area contributed by atoms with Gasteiger partial charge in [-0.05, 0) is 43.4 Å². The molecule has 9 heteroatoms. The van der Waals surface area contributed by atoms with Crippen LogP contribution in [0.1, 0.15) is 56.1 Å². The van der Waals surface area contributed by atoms with Crippen molar-refractivity contribution in [3.8, 4) is 17.0 Å². The van der Waals surface area contributed by atoms with Crippen molar-refractivity contribution in [2.24, 2.45) is 0 Å². The number of nitrogens with zero attached hydrogens (tertiary/aromatic N) is 3. The molecule has 2 N–H and O–H groups in total. The van der Waals surface area contributed by atoms with Crippen molar-refractivity contribution < 1.29 is 23.1 Å². The van der Waals surface area contributed by atoms with Crippen LogP contribution in [0, 0.1) is 0 Å². The lowest BCUT2D eigenvalue weighted by Crippen LogP contribution is -2.12. The zero-order valence-electron chi connectivity index (χ0n) is 16.3. The van der Waals surface area contributed by atoms with Crippen molar-refractivity contribution in [1.82, 2.24) is 14.6 Å². The number of carbonyl (C=O) groups excluding carboxylic acids is 1. The molecule has 3 aromatic heterocycles. The number of aromatic nitrogens is 3. The first-order valence-corrected chi connectivity index (χ1v) is 9.87. The van der Waals surface area contributed by atoms with Gasteiger partial charge in [0.15, 0.2) is 11.6 Å². The van der Waals surface area contributed by atoms with E-state index in [-0.39, 0.29) is 29.8 Å². The smallest absolute Gasteiger partial charge is 0.416 e. The summed E-state index contributed by atoms with van der Waals surface area (Å²) in [5, 5.41) is 17.8. The molecule has 1 saturated carbocycles. The van der Waals surface area contributed by atoms with Crippen LogP contribution in [0.4, 0.5) is 19.0 Å². The molecule has 3 aromatic rings. The van der Waals surface area contributed by atoms with Crippen molar-refractivity contribution in [2.45, 2.75) is 51.1 Å². The quantitative estimate of drug-likeness (QED) is 0.602. The van der Waals surface area contributed by atoms with Gasteiger partial charge in [-0.2, -0.15) is 18.3 Å². The third kappa shape index (κ3) is 3.59. The molecule has 0 unspecified atom stereocenters. The highest BCUT2D eigenvalue weighted by molar-refractivity contribution is 5.93. The van der Waals surface area contributed by atoms with Gasteiger partial charge in [-0.3, -0.25) is 4.79 Å². The molecule has 1 aliphatic carbocycles. The summed E-state index contributed by atoms with van der Waals surface area (Å²) in [4.78, 5) is 16.0. The number of carbonyl (C=O) groups is 1. The predicted molar refractivity (Wildman–Crippen MR) is 105 cm³/mol. The molecule has 0 atom stereocenters. The number of aromatic hydroxyl groups is 1. The van der Waals surface area contributed by atoms with E-state index in [1.54, 1.807) is 6.07 Å². The molecule has 0 spiro atoms. The summed E-state index contributed by atoms with van der Waals surface area (Å²) >= 11 is 0. The molecule has 1 amide bonds. The average Bonchev–Trinajstić information content (AvgIpc) is 3.00. The number of amides is 1. The van der Waals surface area contributed by atoms with E-state index >= 15 is 0 Å². The van der Waals surface area contributed by atoms with E-state index in [2.05, 4.69) is 15.4 Å². The summed E-state index contributed by atoms with van der Waals surface area (Å²) in [6.45, 7) is 1.86. The van der Waals surface area contributed by atoms with Gasteiger partial charge in [0, 0.05) is 29.9 Å². The first kappa shape index (κ1) is 20.2. The van der Waals surface area contributed by atoms with Gasteiger partial charge in [-0.25, -0.2) is 9.50 Å². The molecular weight excluding hydrogens is 397 g/mol. The molecule has 1 aliphatic rings. The number of hydrogen-bond acceptors (Lipinski definition) is 4. The minimum Gasteiger partial charge on any atom is -0.504 e. The largest absolute Gasteiger partial charge is 0.504 e. The van der Waals surface area contributed by atoms with Crippen molar-refractivity contribution in [3.63, 3.8) is 0 Å². The molecule has 158 valence electrons. The Bertz CT molecular complexity index is 1100. The van der Waals surface area contributed by atoms with Gasteiger partial charge in [0.25, 0.3) is 0 Å². The lowest BCUT2D eigenvalue weighted by atomic mass is 9.78. The number of fused-ring (bicyclic) bond motifs is 1. The molecule has 0 aliphatic heterocycles. The Morgan fingerprint density at radius 1 is 1.33 bits per heavy atom. The van der Waals surface area contributed by atoms with Crippen LogP contribution in [0.25, 0.3) is 16.8 Å². The molecule has 0 bridgehead atoms. The van der Waals surface area contributed by atoms with Crippen LogP contribution in [0.2, 0.25) is 0 Å². The maximum absolute atomic E-state index is 13.3. The Labute approximate surface area is 170 Å². The van der Waals surface area contributed by atoms with Gasteiger partial charge in [-0.15, -0.1) is 0 Å². The van der Waals surface area contributed by atoms with Crippen LogP contribution in [-0.2, 0) is 11.0 Å². The van der Waals surface area contributed by atoms with Gasteiger partial charge in [0.1, 0.15) is 5.69 Å². The summed E-state index contributed by atoms with van der Waals surface area (Å²) in [6.07, 6.45) is 1.87. The van der Waals surface area contributed by atoms with Crippen LogP contribution in [0.15, 0.2) is 30.6 Å². The predicted octanol–water partition coefficient (Wildman–Crippen LogP) is 5.13. The molecule has 6 nitrogen and oxygen atoms in total. The van der Waals surface area contributed by atoms with E-state index < -0.39 is 11.7 Å². The van der Waals surface area contributed by atoms with Crippen LogP contribution in [-0.4, -0.2) is 25.6 Å². The molecule has 4 rings (SSSR count). The first-order valence-electron chi connectivity index (χ1n) is 9.87. The normalized spacial score (nSPS) is 14.7. The minimum absolute atomic E-state index is 0.0125. The number of rotatable bonds is 5. The van der Waals surface area contributed by atoms with Gasteiger partial charge in [0.2, 0.25) is 5.91 Å². The molecule has 3 heterocycles. The van der Waals surface area contributed by atoms with Crippen molar-refractivity contribution in [1.29, 1.82) is 0 Å². The molecule has 0 radical (unpaired) electrons. The Hall–Kier alpha value is -3.10. The molecule has 0 aromatic carbocycles. The monoisotopic (exact) mass is 418 g/mol. The van der Waals surface area contributed by atoms with Crippen LogP contribution >= 0.6 is 0 Å². The number of alkyl halides is 3. The van der Waals surface area contributed by atoms with Crippen molar-refractivity contribution >= 4 is 17.2 Å². The van der Waals surface area contributed by atoms with Gasteiger partial charge in [0.05, 0.1) is 11.1 Å². The summed E-state index contributed by atoms with van der Waals surface area (Å²) in [6, 6.07) is 3.64. The lowest BCUT2D eigenvalue weighted by molar-refractivity contribution is -0.137. The van der Waals surface area contributed by atoms with E-state index in [4.69, 9.17) is 0 Å². The van der Waals surface area contributed by atoms with Crippen LogP contribution in [0.5, 0.6) is 5.75 Å². The maximum atomic E-state index is 13.3. The fourth-order valence-electron chi connectivity index (χ4n) is 3.70. The summed E-state index contributed by atoms with van der Waals surface area (Å²) in [5.41, 5.74) is 1.05. The van der Waals surface area contributed by atoms with E-state index in [9.17, 15) is 23.1 Å².